The van der Waals surface area contributed by atoms with Gasteiger partial charge in [-0.3, -0.25) is 0 Å². The fourth-order valence-corrected chi connectivity index (χ4v) is 2.77. The van der Waals surface area contributed by atoms with Crippen molar-refractivity contribution in [1.82, 2.24) is 0 Å². The first-order valence-electron chi connectivity index (χ1n) is 5.51. The molecule has 0 saturated heterocycles. The Kier molecular flexibility index (Phi) is 5.13. The van der Waals surface area contributed by atoms with Crippen molar-refractivity contribution in [2.75, 3.05) is 7.11 Å². The molecular weight excluding hydrogens is 395 g/mol. The highest BCUT2D eigenvalue weighted by Crippen LogP contribution is 2.35. The summed E-state index contributed by atoms with van der Waals surface area (Å²) >= 11 is 13.0. The van der Waals surface area contributed by atoms with Crippen LogP contribution in [0.1, 0.15) is 5.56 Å². The predicted octanol–water partition coefficient (Wildman–Crippen LogP) is 5.45. The first-order chi connectivity index (χ1) is 9.11. The largest absolute Gasteiger partial charge is 0.493 e. The number of hydrogen-bond acceptors (Lipinski definition) is 2. The monoisotopic (exact) mass is 404 g/mol. The molecule has 5 heteroatoms. The summed E-state index contributed by atoms with van der Waals surface area (Å²) in [5, 5.41) is 0.667. The van der Waals surface area contributed by atoms with Gasteiger partial charge in [0.15, 0.2) is 11.5 Å². The van der Waals surface area contributed by atoms with Crippen LogP contribution in [-0.2, 0) is 6.61 Å². The molecule has 0 fully saturated rings. The summed E-state index contributed by atoms with van der Waals surface area (Å²) in [5.74, 6) is 1.35. The van der Waals surface area contributed by atoms with Gasteiger partial charge in [-0.2, -0.15) is 0 Å². The Morgan fingerprint density at radius 3 is 2.63 bits per heavy atom. The van der Waals surface area contributed by atoms with Crippen molar-refractivity contribution in [2.24, 2.45) is 0 Å². The van der Waals surface area contributed by atoms with E-state index < -0.39 is 0 Å². The lowest BCUT2D eigenvalue weighted by atomic mass is 10.2. The first kappa shape index (κ1) is 14.7. The average Bonchev–Trinajstić information content (AvgIpc) is 2.39. The van der Waals surface area contributed by atoms with Gasteiger partial charge in [0.2, 0.25) is 0 Å². The minimum Gasteiger partial charge on any atom is -0.493 e. The van der Waals surface area contributed by atoms with Crippen LogP contribution in [0.15, 0.2) is 45.3 Å². The van der Waals surface area contributed by atoms with Crippen LogP contribution < -0.4 is 9.47 Å². The van der Waals surface area contributed by atoms with Crippen LogP contribution in [0.2, 0.25) is 5.02 Å². The Bertz CT molecular complexity index is 588. The van der Waals surface area contributed by atoms with E-state index in [1.54, 1.807) is 7.11 Å². The zero-order valence-electron chi connectivity index (χ0n) is 10.1. The lowest BCUT2D eigenvalue weighted by molar-refractivity contribution is 0.282. The van der Waals surface area contributed by atoms with Crippen molar-refractivity contribution in [3.05, 3.63) is 55.9 Å². The minimum atomic E-state index is 0.380. The molecule has 0 spiro atoms. The maximum atomic E-state index is 6.16. The standard InChI is InChI=1S/C14H11Br2ClO2/c1-18-13-4-2-3-11(16)14(13)19-8-9-5-6-10(15)7-12(9)17/h2-7H,8H2,1H3. The predicted molar refractivity (Wildman–Crippen MR) is 84.2 cm³/mol. The van der Waals surface area contributed by atoms with Gasteiger partial charge in [0.1, 0.15) is 6.61 Å². The van der Waals surface area contributed by atoms with E-state index in [4.69, 9.17) is 21.1 Å². The van der Waals surface area contributed by atoms with Gasteiger partial charge in [0.25, 0.3) is 0 Å². The van der Waals surface area contributed by atoms with Gasteiger partial charge in [-0.1, -0.05) is 39.7 Å². The molecule has 0 aliphatic carbocycles. The normalized spacial score (nSPS) is 10.3. The Labute approximate surface area is 133 Å². The molecule has 0 aliphatic rings. The van der Waals surface area contributed by atoms with Crippen LogP contribution in [0.5, 0.6) is 11.5 Å². The zero-order valence-corrected chi connectivity index (χ0v) is 14.0. The molecule has 0 amide bonds. The van der Waals surface area contributed by atoms with Crippen molar-refractivity contribution in [3.8, 4) is 11.5 Å². The second-order valence-corrected chi connectivity index (χ2v) is 5.97. The van der Waals surface area contributed by atoms with E-state index in [0.717, 1.165) is 14.5 Å². The molecule has 0 bridgehead atoms. The smallest absolute Gasteiger partial charge is 0.175 e. The van der Waals surface area contributed by atoms with Crippen LogP contribution in [0.25, 0.3) is 0 Å². The fraction of sp³-hybridized carbons (Fsp3) is 0.143. The van der Waals surface area contributed by atoms with Gasteiger partial charge in [-0.25, -0.2) is 0 Å². The third-order valence-electron chi connectivity index (χ3n) is 2.54. The Morgan fingerprint density at radius 2 is 1.95 bits per heavy atom. The summed E-state index contributed by atoms with van der Waals surface area (Å²) in [5.41, 5.74) is 0.919. The van der Waals surface area contributed by atoms with Crippen molar-refractivity contribution in [3.63, 3.8) is 0 Å². The second kappa shape index (κ2) is 6.64. The molecule has 0 atom stereocenters. The molecule has 2 nitrogen and oxygen atoms in total. The van der Waals surface area contributed by atoms with Crippen LogP contribution in [0, 0.1) is 0 Å². The summed E-state index contributed by atoms with van der Waals surface area (Å²) in [6.07, 6.45) is 0. The topological polar surface area (TPSA) is 18.5 Å². The van der Waals surface area contributed by atoms with E-state index in [0.29, 0.717) is 23.1 Å². The number of halogens is 3. The SMILES string of the molecule is COc1cccc(Br)c1OCc1ccc(Br)cc1Cl. The molecule has 100 valence electrons. The first-order valence-corrected chi connectivity index (χ1v) is 7.47. The Hall–Kier alpha value is -0.710. The zero-order chi connectivity index (χ0) is 13.8. The highest BCUT2D eigenvalue weighted by Gasteiger charge is 2.10. The summed E-state index contributed by atoms with van der Waals surface area (Å²) in [6.45, 7) is 0.380. The van der Waals surface area contributed by atoms with Gasteiger partial charge in [0.05, 0.1) is 11.6 Å². The molecule has 0 unspecified atom stereocenters. The van der Waals surface area contributed by atoms with E-state index in [-0.39, 0.29) is 0 Å². The third kappa shape index (κ3) is 3.65. The number of para-hydroxylation sites is 1. The fourth-order valence-electron chi connectivity index (χ4n) is 1.58. The third-order valence-corrected chi connectivity index (χ3v) is 4.01. The molecular formula is C14H11Br2ClO2. The number of benzene rings is 2. The second-order valence-electron chi connectivity index (χ2n) is 3.80. The van der Waals surface area contributed by atoms with Crippen molar-refractivity contribution in [1.29, 1.82) is 0 Å². The van der Waals surface area contributed by atoms with E-state index in [1.807, 2.05) is 36.4 Å². The molecule has 2 aromatic carbocycles. The highest BCUT2D eigenvalue weighted by atomic mass is 79.9. The van der Waals surface area contributed by atoms with Crippen molar-refractivity contribution >= 4 is 43.5 Å². The van der Waals surface area contributed by atoms with Crippen molar-refractivity contribution < 1.29 is 9.47 Å². The van der Waals surface area contributed by atoms with Crippen LogP contribution in [0.3, 0.4) is 0 Å². The van der Waals surface area contributed by atoms with E-state index in [2.05, 4.69) is 31.9 Å². The molecule has 0 N–H and O–H groups in total. The van der Waals surface area contributed by atoms with Gasteiger partial charge < -0.3 is 9.47 Å². The number of methoxy groups -OCH3 is 1. The lowest BCUT2D eigenvalue weighted by Gasteiger charge is -2.13. The molecule has 2 rings (SSSR count). The number of hydrogen-bond donors (Lipinski definition) is 0. The Balaban J connectivity index is 2.19. The van der Waals surface area contributed by atoms with E-state index in [9.17, 15) is 0 Å². The van der Waals surface area contributed by atoms with Gasteiger partial charge >= 0.3 is 0 Å². The summed E-state index contributed by atoms with van der Waals surface area (Å²) in [6, 6.07) is 11.3. The van der Waals surface area contributed by atoms with Crippen molar-refractivity contribution in [2.45, 2.75) is 6.61 Å². The number of rotatable bonds is 4. The van der Waals surface area contributed by atoms with E-state index in [1.165, 1.54) is 0 Å². The summed E-state index contributed by atoms with van der Waals surface area (Å²) in [7, 11) is 1.61. The molecule has 0 saturated carbocycles. The average molecular weight is 407 g/mol. The van der Waals surface area contributed by atoms with Crippen LogP contribution in [0.4, 0.5) is 0 Å². The van der Waals surface area contributed by atoms with Crippen LogP contribution >= 0.6 is 43.5 Å². The van der Waals surface area contributed by atoms with Gasteiger partial charge in [-0.15, -0.1) is 0 Å². The summed E-state index contributed by atoms with van der Waals surface area (Å²) in [4.78, 5) is 0. The summed E-state index contributed by atoms with van der Waals surface area (Å²) < 4.78 is 12.9. The van der Waals surface area contributed by atoms with Crippen LogP contribution in [-0.4, -0.2) is 7.11 Å². The number of ether oxygens (including phenoxy) is 2. The minimum absolute atomic E-state index is 0.380. The Morgan fingerprint density at radius 1 is 1.16 bits per heavy atom. The van der Waals surface area contributed by atoms with Gasteiger partial charge in [-0.05, 0) is 40.2 Å². The lowest BCUT2D eigenvalue weighted by Crippen LogP contribution is -1.99. The molecule has 0 aliphatic heterocycles. The van der Waals surface area contributed by atoms with E-state index >= 15 is 0 Å². The molecule has 0 radical (unpaired) electrons. The maximum absolute atomic E-state index is 6.16. The highest BCUT2D eigenvalue weighted by molar-refractivity contribution is 9.10. The molecule has 0 aromatic heterocycles. The molecule has 19 heavy (non-hydrogen) atoms. The molecule has 2 aromatic rings. The van der Waals surface area contributed by atoms with Gasteiger partial charge in [0, 0.05) is 15.1 Å². The molecule has 0 heterocycles. The quantitative estimate of drug-likeness (QED) is 0.672. The maximum Gasteiger partial charge on any atom is 0.175 e.